The maximum Gasteiger partial charge on any atom is 0.224 e. The third kappa shape index (κ3) is 9.00. The summed E-state index contributed by atoms with van der Waals surface area (Å²) in [6.07, 6.45) is 1.60. The van der Waals surface area contributed by atoms with E-state index in [0.29, 0.717) is 49.2 Å². The number of nitrogens with one attached hydrogen (secondary N) is 2. The normalized spacial score (nSPS) is 17.6. The SMILES string of the molecule is Nc1ccccc1NC(=O)CCCCC(=O)Nc1ccc(C2OC(CSc3nc4ccccc4s3)CC(c3ccc(CO)cc3)O2)cc1. The smallest absolute Gasteiger partial charge is 0.224 e. The van der Waals surface area contributed by atoms with E-state index >= 15 is 0 Å². The molecule has 9 nitrogen and oxygen atoms in total. The first-order valence-corrected chi connectivity index (χ1v) is 17.8. The number of hydrogen-bond acceptors (Lipinski definition) is 9. The monoisotopic (exact) mass is 682 g/mol. The van der Waals surface area contributed by atoms with Crippen molar-refractivity contribution in [2.45, 2.75) is 61.5 Å². The van der Waals surface area contributed by atoms with Crippen LogP contribution in [-0.4, -0.2) is 33.8 Å². The van der Waals surface area contributed by atoms with Gasteiger partial charge < -0.3 is 30.9 Å². The number of unbranched alkanes of at least 4 members (excludes halogenated alkanes) is 1. The Morgan fingerprint density at radius 1 is 0.854 bits per heavy atom. The second-order valence-electron chi connectivity index (χ2n) is 11.6. The molecule has 5 aromatic rings. The molecule has 0 bridgehead atoms. The zero-order valence-electron chi connectivity index (χ0n) is 26.3. The number of hydrogen-bond donors (Lipinski definition) is 4. The van der Waals surface area contributed by atoms with Crippen molar-refractivity contribution < 1.29 is 24.2 Å². The van der Waals surface area contributed by atoms with Crippen LogP contribution in [0.2, 0.25) is 0 Å². The average molecular weight is 683 g/mol. The number of rotatable bonds is 13. The predicted octanol–water partition coefficient (Wildman–Crippen LogP) is 7.85. The van der Waals surface area contributed by atoms with Crippen molar-refractivity contribution in [1.82, 2.24) is 4.98 Å². The number of amides is 2. The number of carbonyl (C=O) groups is 2. The number of ether oxygens (including phenoxy) is 2. The molecule has 0 radical (unpaired) electrons. The van der Waals surface area contributed by atoms with Crippen LogP contribution in [0.15, 0.2) is 101 Å². The average Bonchev–Trinajstić information content (AvgIpc) is 3.54. The Kier molecular flexibility index (Phi) is 11.4. The molecule has 3 unspecified atom stereocenters. The van der Waals surface area contributed by atoms with Gasteiger partial charge in [-0.25, -0.2) is 4.98 Å². The van der Waals surface area contributed by atoms with E-state index in [0.717, 1.165) is 37.0 Å². The summed E-state index contributed by atoms with van der Waals surface area (Å²) in [4.78, 5) is 29.6. The van der Waals surface area contributed by atoms with Crippen molar-refractivity contribution in [3.63, 3.8) is 0 Å². The summed E-state index contributed by atoms with van der Waals surface area (Å²) in [7, 11) is 0. The van der Waals surface area contributed by atoms with Gasteiger partial charge in [-0.05, 0) is 60.4 Å². The van der Waals surface area contributed by atoms with Gasteiger partial charge in [0.05, 0.1) is 40.4 Å². The highest BCUT2D eigenvalue weighted by atomic mass is 32.2. The first-order valence-electron chi connectivity index (χ1n) is 16.0. The number of aliphatic hydroxyl groups is 1. The lowest BCUT2D eigenvalue weighted by Gasteiger charge is -2.36. The number of para-hydroxylation sites is 3. The third-order valence-corrected chi connectivity index (χ3v) is 10.4. The molecule has 11 heteroatoms. The summed E-state index contributed by atoms with van der Waals surface area (Å²) in [6.45, 7) is -0.0102. The number of carbonyl (C=O) groups excluding carboxylic acids is 2. The van der Waals surface area contributed by atoms with Gasteiger partial charge in [-0.3, -0.25) is 9.59 Å². The van der Waals surface area contributed by atoms with Crippen LogP contribution in [0.25, 0.3) is 10.2 Å². The summed E-state index contributed by atoms with van der Waals surface area (Å²) in [5.74, 6) is 0.484. The molecule has 1 fully saturated rings. The van der Waals surface area contributed by atoms with Gasteiger partial charge in [0.2, 0.25) is 11.8 Å². The van der Waals surface area contributed by atoms with Crippen molar-refractivity contribution in [3.05, 3.63) is 114 Å². The summed E-state index contributed by atoms with van der Waals surface area (Å²) in [6, 6.07) is 30.6. The van der Waals surface area contributed by atoms with Crippen LogP contribution in [-0.2, 0) is 25.7 Å². The minimum absolute atomic E-state index is 0.0102. The van der Waals surface area contributed by atoms with E-state index in [1.807, 2.05) is 78.9 Å². The summed E-state index contributed by atoms with van der Waals surface area (Å²) in [5.41, 5.74) is 11.4. The second-order valence-corrected chi connectivity index (χ2v) is 13.9. The largest absolute Gasteiger partial charge is 0.397 e. The molecule has 248 valence electrons. The zero-order chi connectivity index (χ0) is 33.3. The van der Waals surface area contributed by atoms with Crippen LogP contribution >= 0.6 is 23.1 Å². The molecule has 5 N–H and O–H groups in total. The third-order valence-electron chi connectivity index (χ3n) is 8.04. The molecule has 6 rings (SSSR count). The van der Waals surface area contributed by atoms with Gasteiger partial charge >= 0.3 is 0 Å². The van der Waals surface area contributed by atoms with Crippen molar-refractivity contribution in [2.75, 3.05) is 22.1 Å². The first-order chi connectivity index (χ1) is 23.4. The van der Waals surface area contributed by atoms with Crippen LogP contribution in [0, 0.1) is 0 Å². The fourth-order valence-electron chi connectivity index (χ4n) is 5.44. The number of nitrogen functional groups attached to an aromatic ring is 1. The molecule has 1 aliphatic rings. The van der Waals surface area contributed by atoms with E-state index in [1.165, 1.54) is 0 Å². The highest BCUT2D eigenvalue weighted by Crippen LogP contribution is 2.40. The maximum absolute atomic E-state index is 12.6. The first kappa shape index (κ1) is 33.6. The van der Waals surface area contributed by atoms with Crippen molar-refractivity contribution in [2.24, 2.45) is 0 Å². The molecule has 1 aromatic heterocycles. The summed E-state index contributed by atoms with van der Waals surface area (Å²) < 4.78 is 15.1. The number of anilines is 3. The van der Waals surface area contributed by atoms with Crippen molar-refractivity contribution in [1.29, 1.82) is 0 Å². The van der Waals surface area contributed by atoms with Gasteiger partial charge in [-0.15, -0.1) is 11.3 Å². The maximum atomic E-state index is 12.6. The summed E-state index contributed by atoms with van der Waals surface area (Å²) >= 11 is 3.38. The molecule has 0 spiro atoms. The molecule has 2 heterocycles. The zero-order valence-corrected chi connectivity index (χ0v) is 28.0. The minimum Gasteiger partial charge on any atom is -0.397 e. The van der Waals surface area contributed by atoms with Crippen LogP contribution in [0.1, 0.15) is 61.2 Å². The summed E-state index contributed by atoms with van der Waals surface area (Å²) in [5, 5.41) is 15.3. The van der Waals surface area contributed by atoms with E-state index in [1.54, 1.807) is 35.2 Å². The lowest BCUT2D eigenvalue weighted by atomic mass is 10.0. The van der Waals surface area contributed by atoms with E-state index in [2.05, 4.69) is 16.7 Å². The predicted molar refractivity (Wildman–Crippen MR) is 192 cm³/mol. The Bertz CT molecular complexity index is 1800. The molecule has 2 amide bonds. The van der Waals surface area contributed by atoms with Crippen LogP contribution in [0.4, 0.5) is 17.1 Å². The lowest BCUT2D eigenvalue weighted by Crippen LogP contribution is -2.31. The van der Waals surface area contributed by atoms with Crippen molar-refractivity contribution >= 4 is 62.2 Å². The molecule has 0 saturated carbocycles. The van der Waals surface area contributed by atoms with Crippen LogP contribution in [0.5, 0.6) is 0 Å². The Labute approximate surface area is 287 Å². The number of aliphatic hydroxyl groups excluding tert-OH is 1. The molecular weight excluding hydrogens is 645 g/mol. The highest BCUT2D eigenvalue weighted by Gasteiger charge is 2.32. The molecule has 48 heavy (non-hydrogen) atoms. The molecule has 3 atom stereocenters. The van der Waals surface area contributed by atoms with E-state index in [4.69, 9.17) is 20.2 Å². The number of nitrogens with zero attached hydrogens (tertiary/aromatic N) is 1. The van der Waals surface area contributed by atoms with E-state index < -0.39 is 6.29 Å². The number of nitrogens with two attached hydrogens (primary N) is 1. The topological polar surface area (TPSA) is 136 Å². The van der Waals surface area contributed by atoms with Gasteiger partial charge in [0.1, 0.15) is 0 Å². The molecular formula is C37H38N4O5S2. The second kappa shape index (κ2) is 16.2. The highest BCUT2D eigenvalue weighted by molar-refractivity contribution is 8.01. The lowest BCUT2D eigenvalue weighted by molar-refractivity contribution is -0.245. The minimum atomic E-state index is -0.593. The number of thiazole rings is 1. The van der Waals surface area contributed by atoms with Gasteiger partial charge in [0.25, 0.3) is 0 Å². The fourth-order valence-corrected chi connectivity index (χ4v) is 7.55. The Morgan fingerprint density at radius 2 is 1.54 bits per heavy atom. The van der Waals surface area contributed by atoms with E-state index in [-0.39, 0.29) is 30.6 Å². The number of benzene rings is 4. The Morgan fingerprint density at radius 3 is 2.27 bits per heavy atom. The molecule has 1 saturated heterocycles. The fraction of sp³-hybridized carbons (Fsp3) is 0.270. The van der Waals surface area contributed by atoms with Gasteiger partial charge in [-0.1, -0.05) is 72.4 Å². The number of fused-ring (bicyclic) bond motifs is 1. The number of aromatic nitrogens is 1. The Hall–Kier alpha value is -4.26. The van der Waals surface area contributed by atoms with Crippen molar-refractivity contribution in [3.8, 4) is 0 Å². The molecule has 4 aromatic carbocycles. The van der Waals surface area contributed by atoms with Crippen LogP contribution in [0.3, 0.4) is 0 Å². The number of thioether (sulfide) groups is 1. The quantitative estimate of drug-likeness (QED) is 0.0560. The van der Waals surface area contributed by atoms with Gasteiger partial charge in [0.15, 0.2) is 10.6 Å². The van der Waals surface area contributed by atoms with Crippen LogP contribution < -0.4 is 16.4 Å². The van der Waals surface area contributed by atoms with E-state index in [9.17, 15) is 14.7 Å². The Balaban J connectivity index is 1.03. The van der Waals surface area contributed by atoms with Gasteiger partial charge in [0, 0.05) is 36.3 Å². The van der Waals surface area contributed by atoms with Gasteiger partial charge in [-0.2, -0.15) is 0 Å². The molecule has 0 aliphatic carbocycles. The molecule has 1 aliphatic heterocycles. The standard InChI is InChI=1S/C37H38N4O5S2/c38-29-7-1-2-8-30(29)40-35(44)12-6-5-11-34(43)39-27-19-17-26(18-20-27)36-45-28(21-32(46-36)25-15-13-24(22-42)14-16-25)23-47-37-41-31-9-3-4-10-33(31)48-37/h1-4,7-10,13-20,28,32,36,42H,5-6,11-12,21-23,38H2,(H,39,43)(H,40,44).